The summed E-state index contributed by atoms with van der Waals surface area (Å²) < 4.78 is 0. The molecule has 0 radical (unpaired) electrons. The summed E-state index contributed by atoms with van der Waals surface area (Å²) in [7, 11) is 0. The average molecular weight is 283 g/mol. The summed E-state index contributed by atoms with van der Waals surface area (Å²) in [6, 6.07) is 27.8. The van der Waals surface area contributed by atoms with Crippen molar-refractivity contribution in [3.63, 3.8) is 0 Å². The SMILES string of the molecule is c1ccc2cc(CCc3ccc4ccccc4n3)ccc2c1. The first-order chi connectivity index (χ1) is 10.9. The van der Waals surface area contributed by atoms with Crippen molar-refractivity contribution in [3.05, 3.63) is 90.1 Å². The molecule has 0 N–H and O–H groups in total. The zero-order chi connectivity index (χ0) is 14.8. The number of para-hydroxylation sites is 1. The minimum absolute atomic E-state index is 0.975. The number of hydrogen-bond acceptors (Lipinski definition) is 1. The normalized spacial score (nSPS) is 11.1. The zero-order valence-corrected chi connectivity index (χ0v) is 12.4. The Kier molecular flexibility index (Phi) is 3.32. The molecule has 22 heavy (non-hydrogen) atoms. The summed E-state index contributed by atoms with van der Waals surface area (Å²) in [5.41, 5.74) is 3.61. The molecule has 0 fully saturated rings. The summed E-state index contributed by atoms with van der Waals surface area (Å²) in [5.74, 6) is 0. The third kappa shape index (κ3) is 2.58. The molecule has 4 rings (SSSR count). The molecule has 1 nitrogen and oxygen atoms in total. The maximum absolute atomic E-state index is 4.75. The van der Waals surface area contributed by atoms with Crippen LogP contribution in [-0.4, -0.2) is 4.98 Å². The number of pyridine rings is 1. The van der Waals surface area contributed by atoms with E-state index in [-0.39, 0.29) is 0 Å². The van der Waals surface area contributed by atoms with E-state index < -0.39 is 0 Å². The Labute approximate surface area is 130 Å². The molecule has 1 heterocycles. The molecular formula is C21H17N. The van der Waals surface area contributed by atoms with Gasteiger partial charge in [0.1, 0.15) is 0 Å². The van der Waals surface area contributed by atoms with Crippen LogP contribution in [0.15, 0.2) is 78.9 Å². The number of hydrogen-bond donors (Lipinski definition) is 0. The van der Waals surface area contributed by atoms with Gasteiger partial charge in [0.15, 0.2) is 0 Å². The number of benzene rings is 3. The molecule has 4 aromatic rings. The number of aromatic nitrogens is 1. The molecule has 0 spiro atoms. The van der Waals surface area contributed by atoms with Gasteiger partial charge in [0.25, 0.3) is 0 Å². The molecule has 0 saturated carbocycles. The molecule has 0 amide bonds. The van der Waals surface area contributed by atoms with Gasteiger partial charge in [0.2, 0.25) is 0 Å². The van der Waals surface area contributed by atoms with Gasteiger partial charge in [-0.2, -0.15) is 0 Å². The van der Waals surface area contributed by atoms with Crippen LogP contribution in [0.25, 0.3) is 21.7 Å². The lowest BCUT2D eigenvalue weighted by atomic mass is 10.0. The van der Waals surface area contributed by atoms with Crippen molar-refractivity contribution in [2.24, 2.45) is 0 Å². The Morgan fingerprint density at radius 1 is 0.591 bits per heavy atom. The molecule has 1 aromatic heterocycles. The second-order valence-electron chi connectivity index (χ2n) is 5.68. The van der Waals surface area contributed by atoms with Crippen molar-refractivity contribution < 1.29 is 0 Å². The van der Waals surface area contributed by atoms with Crippen LogP contribution in [0.2, 0.25) is 0 Å². The monoisotopic (exact) mass is 283 g/mol. The molecule has 106 valence electrons. The van der Waals surface area contributed by atoms with E-state index >= 15 is 0 Å². The van der Waals surface area contributed by atoms with Gasteiger partial charge in [-0.25, -0.2) is 0 Å². The lowest BCUT2D eigenvalue weighted by molar-refractivity contribution is 0.924. The summed E-state index contributed by atoms with van der Waals surface area (Å²) >= 11 is 0. The Balaban J connectivity index is 1.57. The van der Waals surface area contributed by atoms with Crippen LogP contribution in [0.3, 0.4) is 0 Å². The predicted molar refractivity (Wildman–Crippen MR) is 93.1 cm³/mol. The largest absolute Gasteiger partial charge is 0.253 e. The Morgan fingerprint density at radius 3 is 2.23 bits per heavy atom. The quantitative estimate of drug-likeness (QED) is 0.505. The van der Waals surface area contributed by atoms with Crippen LogP contribution >= 0.6 is 0 Å². The van der Waals surface area contributed by atoms with Crippen LogP contribution in [0.5, 0.6) is 0 Å². The maximum atomic E-state index is 4.75. The van der Waals surface area contributed by atoms with Crippen LogP contribution in [0.4, 0.5) is 0 Å². The molecule has 0 unspecified atom stereocenters. The molecule has 0 aliphatic heterocycles. The predicted octanol–water partition coefficient (Wildman–Crippen LogP) is 5.17. The van der Waals surface area contributed by atoms with Gasteiger partial charge in [0.05, 0.1) is 5.52 Å². The van der Waals surface area contributed by atoms with Crippen molar-refractivity contribution in [1.29, 1.82) is 0 Å². The highest BCUT2D eigenvalue weighted by atomic mass is 14.7. The Hall–Kier alpha value is -2.67. The van der Waals surface area contributed by atoms with Crippen LogP contribution in [0, 0.1) is 0 Å². The fraction of sp³-hybridized carbons (Fsp3) is 0.0952. The molecule has 1 heteroatoms. The van der Waals surface area contributed by atoms with Crippen molar-refractivity contribution >= 4 is 21.7 Å². The fourth-order valence-corrected chi connectivity index (χ4v) is 2.91. The van der Waals surface area contributed by atoms with Crippen molar-refractivity contribution in [2.45, 2.75) is 12.8 Å². The average Bonchev–Trinajstić information content (AvgIpc) is 2.59. The van der Waals surface area contributed by atoms with E-state index in [9.17, 15) is 0 Å². The third-order valence-corrected chi connectivity index (χ3v) is 4.14. The zero-order valence-electron chi connectivity index (χ0n) is 12.4. The van der Waals surface area contributed by atoms with E-state index in [1.165, 1.54) is 21.7 Å². The molecule has 3 aromatic carbocycles. The summed E-state index contributed by atoms with van der Waals surface area (Å²) in [4.78, 5) is 4.75. The number of fused-ring (bicyclic) bond motifs is 2. The topological polar surface area (TPSA) is 12.9 Å². The maximum Gasteiger partial charge on any atom is 0.0705 e. The summed E-state index contributed by atoms with van der Waals surface area (Å²) in [6.07, 6.45) is 2.00. The molecule has 0 saturated heterocycles. The summed E-state index contributed by atoms with van der Waals surface area (Å²) in [6.45, 7) is 0. The Morgan fingerprint density at radius 2 is 1.32 bits per heavy atom. The number of nitrogens with zero attached hydrogens (tertiary/aromatic N) is 1. The van der Waals surface area contributed by atoms with Crippen LogP contribution < -0.4 is 0 Å². The summed E-state index contributed by atoms with van der Waals surface area (Å²) in [5, 5.41) is 3.82. The molecular weight excluding hydrogens is 266 g/mol. The van der Waals surface area contributed by atoms with E-state index in [1.54, 1.807) is 0 Å². The minimum atomic E-state index is 0.975. The second-order valence-corrected chi connectivity index (χ2v) is 5.68. The van der Waals surface area contributed by atoms with Gasteiger partial charge in [-0.05, 0) is 41.3 Å². The first-order valence-corrected chi connectivity index (χ1v) is 7.71. The van der Waals surface area contributed by atoms with E-state index in [2.05, 4.69) is 72.8 Å². The van der Waals surface area contributed by atoms with Gasteiger partial charge in [-0.3, -0.25) is 4.98 Å². The van der Waals surface area contributed by atoms with Crippen LogP contribution in [0.1, 0.15) is 11.3 Å². The lowest BCUT2D eigenvalue weighted by Gasteiger charge is -2.05. The first-order valence-electron chi connectivity index (χ1n) is 7.71. The number of rotatable bonds is 3. The molecule has 0 aliphatic carbocycles. The first kappa shape index (κ1) is 13.0. The van der Waals surface area contributed by atoms with Crippen molar-refractivity contribution in [1.82, 2.24) is 4.98 Å². The minimum Gasteiger partial charge on any atom is -0.253 e. The lowest BCUT2D eigenvalue weighted by Crippen LogP contribution is -1.95. The van der Waals surface area contributed by atoms with Gasteiger partial charge in [-0.15, -0.1) is 0 Å². The molecule has 0 bridgehead atoms. The standard InChI is InChI=1S/C21H17N/c1-2-7-19-15-16(9-11-17(19)5-1)10-13-20-14-12-18-6-3-4-8-21(18)22-20/h1-9,11-12,14-15H,10,13H2. The van der Waals surface area contributed by atoms with E-state index in [1.807, 2.05) is 6.07 Å². The molecule has 0 atom stereocenters. The third-order valence-electron chi connectivity index (χ3n) is 4.14. The van der Waals surface area contributed by atoms with Gasteiger partial charge < -0.3 is 0 Å². The highest BCUT2D eigenvalue weighted by Gasteiger charge is 2.01. The highest BCUT2D eigenvalue weighted by molar-refractivity contribution is 5.83. The van der Waals surface area contributed by atoms with Crippen LogP contribution in [-0.2, 0) is 12.8 Å². The van der Waals surface area contributed by atoms with Crippen molar-refractivity contribution in [2.75, 3.05) is 0 Å². The second kappa shape index (κ2) is 5.61. The van der Waals surface area contributed by atoms with Gasteiger partial charge in [-0.1, -0.05) is 66.7 Å². The van der Waals surface area contributed by atoms with Gasteiger partial charge >= 0.3 is 0 Å². The Bertz CT molecular complexity index is 861. The van der Waals surface area contributed by atoms with E-state index in [0.717, 1.165) is 24.1 Å². The number of aryl methyl sites for hydroxylation is 2. The van der Waals surface area contributed by atoms with Gasteiger partial charge in [0, 0.05) is 11.1 Å². The smallest absolute Gasteiger partial charge is 0.0705 e. The molecule has 0 aliphatic rings. The highest BCUT2D eigenvalue weighted by Crippen LogP contribution is 2.18. The van der Waals surface area contributed by atoms with Crippen molar-refractivity contribution in [3.8, 4) is 0 Å². The fourth-order valence-electron chi connectivity index (χ4n) is 2.91. The van der Waals surface area contributed by atoms with E-state index in [0.29, 0.717) is 0 Å². The van der Waals surface area contributed by atoms with E-state index in [4.69, 9.17) is 4.98 Å².